The number of H-pyrrole nitrogens is 1. The van der Waals surface area contributed by atoms with Crippen LogP contribution in [-0.2, 0) is 6.54 Å². The molecule has 0 fully saturated rings. The minimum Gasteiger partial charge on any atom is -0.242 e. The summed E-state index contributed by atoms with van der Waals surface area (Å²) in [6.45, 7) is 0.720. The van der Waals surface area contributed by atoms with E-state index in [4.69, 9.17) is 17.5 Å². The van der Waals surface area contributed by atoms with Gasteiger partial charge in [-0.3, -0.25) is 0 Å². The second kappa shape index (κ2) is 4.90. The van der Waals surface area contributed by atoms with Crippen LogP contribution in [0.3, 0.4) is 0 Å². The summed E-state index contributed by atoms with van der Waals surface area (Å²) in [6.07, 6.45) is 0. The van der Waals surface area contributed by atoms with Gasteiger partial charge in [-0.25, -0.2) is 4.68 Å². The van der Waals surface area contributed by atoms with E-state index in [-0.39, 0.29) is 0 Å². The van der Waals surface area contributed by atoms with Crippen LogP contribution in [0, 0.1) is 16.1 Å². The maximum Gasteiger partial charge on any atom is 0.238 e. The van der Waals surface area contributed by atoms with Crippen LogP contribution in [0.4, 0.5) is 0 Å². The van der Waals surface area contributed by atoms with Gasteiger partial charge in [0.25, 0.3) is 0 Å². The molecule has 1 aromatic heterocycles. The van der Waals surface area contributed by atoms with E-state index < -0.39 is 0 Å². The summed E-state index contributed by atoms with van der Waals surface area (Å²) in [7, 11) is 0. The Bertz CT molecular complexity index is 321. The van der Waals surface area contributed by atoms with Crippen molar-refractivity contribution >= 4 is 24.0 Å². The average Bonchev–Trinajstić information content (AvgIpc) is 2.46. The third kappa shape index (κ3) is 2.64. The first-order valence-electron chi connectivity index (χ1n) is 3.27. The molecule has 0 unspecified atom stereocenters. The van der Waals surface area contributed by atoms with Crippen molar-refractivity contribution in [3.05, 3.63) is 4.77 Å². The Morgan fingerprint density at radius 1 is 1.75 bits per heavy atom. The Hall–Kier alpha value is -0.870. The normalized spacial score (nSPS) is 9.58. The highest BCUT2D eigenvalue weighted by atomic mass is 32.2. The first-order valence-corrected chi connectivity index (χ1v) is 4.83. The van der Waals surface area contributed by atoms with E-state index in [0.717, 1.165) is 12.3 Å². The van der Waals surface area contributed by atoms with Crippen molar-refractivity contribution < 1.29 is 0 Å². The standard InChI is InChI=1S/C5H7N5S2/c6-1-3-12-4-2-10-5(11)7-8-9-10/h2-4H2,(H,7,9,11). The molecule has 0 amide bonds. The van der Waals surface area contributed by atoms with Gasteiger partial charge in [-0.05, 0) is 12.2 Å². The molecule has 0 aromatic carbocycles. The van der Waals surface area contributed by atoms with Crippen LogP contribution >= 0.6 is 24.0 Å². The number of nitriles is 1. The van der Waals surface area contributed by atoms with Crippen LogP contribution in [0.5, 0.6) is 0 Å². The van der Waals surface area contributed by atoms with Gasteiger partial charge in [-0.2, -0.15) is 10.5 Å². The van der Waals surface area contributed by atoms with Gasteiger partial charge in [0.2, 0.25) is 4.77 Å². The van der Waals surface area contributed by atoms with Crippen molar-refractivity contribution in [1.82, 2.24) is 20.2 Å². The van der Waals surface area contributed by atoms with Crippen molar-refractivity contribution in [2.24, 2.45) is 0 Å². The van der Waals surface area contributed by atoms with E-state index in [0.29, 0.717) is 10.5 Å². The Balaban J connectivity index is 2.30. The average molecular weight is 201 g/mol. The first-order chi connectivity index (χ1) is 5.84. The number of rotatable bonds is 4. The Morgan fingerprint density at radius 3 is 3.17 bits per heavy atom. The van der Waals surface area contributed by atoms with Gasteiger partial charge in [0.1, 0.15) is 0 Å². The number of thioether (sulfide) groups is 1. The molecule has 1 N–H and O–H groups in total. The lowest BCUT2D eigenvalue weighted by Crippen LogP contribution is -2.02. The molecule has 1 rings (SSSR count). The van der Waals surface area contributed by atoms with E-state index in [1.165, 1.54) is 0 Å². The molecule has 0 spiro atoms. The van der Waals surface area contributed by atoms with Crippen molar-refractivity contribution in [3.8, 4) is 6.07 Å². The highest BCUT2D eigenvalue weighted by molar-refractivity contribution is 7.99. The first kappa shape index (κ1) is 9.22. The molecule has 1 aromatic rings. The monoisotopic (exact) mass is 201 g/mol. The summed E-state index contributed by atoms with van der Waals surface area (Å²) in [4.78, 5) is 0. The van der Waals surface area contributed by atoms with Gasteiger partial charge >= 0.3 is 0 Å². The topological polar surface area (TPSA) is 70.3 Å². The van der Waals surface area contributed by atoms with Crippen LogP contribution in [0.2, 0.25) is 0 Å². The van der Waals surface area contributed by atoms with Gasteiger partial charge in [0.15, 0.2) is 0 Å². The lowest BCUT2D eigenvalue weighted by Gasteiger charge is -1.96. The second-order valence-electron chi connectivity index (χ2n) is 1.94. The number of hydrogen-bond donors (Lipinski definition) is 1. The lowest BCUT2D eigenvalue weighted by atomic mass is 10.8. The summed E-state index contributed by atoms with van der Waals surface area (Å²) in [5.41, 5.74) is 0. The molecule has 0 aliphatic rings. The SMILES string of the molecule is N#CCSCCn1[nH]nnc1=S. The maximum absolute atomic E-state index is 8.25. The van der Waals surface area contributed by atoms with Crippen molar-refractivity contribution in [2.45, 2.75) is 6.54 Å². The minimum atomic E-state index is 0.451. The van der Waals surface area contributed by atoms with Gasteiger partial charge in [-0.1, -0.05) is 10.3 Å². The fourth-order valence-corrected chi connectivity index (χ4v) is 1.36. The van der Waals surface area contributed by atoms with Crippen LogP contribution in [0.1, 0.15) is 0 Å². The van der Waals surface area contributed by atoms with E-state index in [1.54, 1.807) is 16.4 Å². The summed E-state index contributed by atoms with van der Waals surface area (Å²) in [6, 6.07) is 2.05. The molecule has 0 aliphatic carbocycles. The highest BCUT2D eigenvalue weighted by Crippen LogP contribution is 1.98. The molecule has 0 bridgehead atoms. The van der Waals surface area contributed by atoms with E-state index >= 15 is 0 Å². The van der Waals surface area contributed by atoms with Gasteiger partial charge in [-0.15, -0.1) is 11.8 Å². The molecule has 0 aliphatic heterocycles. The molecule has 0 saturated heterocycles. The minimum absolute atomic E-state index is 0.451. The fraction of sp³-hybridized carbons (Fsp3) is 0.600. The largest absolute Gasteiger partial charge is 0.242 e. The smallest absolute Gasteiger partial charge is 0.238 e. The molecule has 5 nitrogen and oxygen atoms in total. The molecule has 12 heavy (non-hydrogen) atoms. The van der Waals surface area contributed by atoms with Gasteiger partial charge in [0, 0.05) is 5.75 Å². The van der Waals surface area contributed by atoms with Crippen molar-refractivity contribution in [1.29, 1.82) is 5.26 Å². The van der Waals surface area contributed by atoms with Crippen LogP contribution in [0.15, 0.2) is 0 Å². The zero-order valence-corrected chi connectivity index (χ0v) is 7.86. The predicted molar refractivity (Wildman–Crippen MR) is 48.1 cm³/mol. The molecule has 0 radical (unpaired) electrons. The Labute approximate surface area is 78.7 Å². The number of nitrogens with zero attached hydrogens (tertiary/aromatic N) is 4. The number of aryl methyl sites for hydroxylation is 1. The fourth-order valence-electron chi connectivity index (χ4n) is 0.635. The number of nitrogens with one attached hydrogen (secondary N) is 1. The lowest BCUT2D eigenvalue weighted by molar-refractivity contribution is 0.625. The Morgan fingerprint density at radius 2 is 2.58 bits per heavy atom. The molecule has 64 valence electrons. The molecule has 0 saturated carbocycles. The van der Waals surface area contributed by atoms with Crippen molar-refractivity contribution in [2.75, 3.05) is 11.5 Å². The predicted octanol–water partition coefficient (Wildman–Crippen LogP) is 0.592. The number of tetrazole rings is 1. The number of aromatic amines is 1. The maximum atomic E-state index is 8.25. The summed E-state index contributed by atoms with van der Waals surface area (Å²) < 4.78 is 2.12. The summed E-state index contributed by atoms with van der Waals surface area (Å²) in [5, 5.41) is 18.0. The zero-order chi connectivity index (χ0) is 8.81. The molecule has 7 heteroatoms. The van der Waals surface area contributed by atoms with Crippen LogP contribution < -0.4 is 0 Å². The highest BCUT2D eigenvalue weighted by Gasteiger charge is 1.94. The summed E-state index contributed by atoms with van der Waals surface area (Å²) in [5.74, 6) is 1.35. The molecular weight excluding hydrogens is 194 g/mol. The molecular formula is C5H7N5S2. The molecule has 1 heterocycles. The molecule has 0 atom stereocenters. The quantitative estimate of drug-likeness (QED) is 0.570. The Kier molecular flexibility index (Phi) is 3.76. The third-order valence-electron chi connectivity index (χ3n) is 1.16. The van der Waals surface area contributed by atoms with Gasteiger partial charge in [0.05, 0.1) is 18.4 Å². The third-order valence-corrected chi connectivity index (χ3v) is 2.26. The van der Waals surface area contributed by atoms with E-state index in [1.807, 2.05) is 6.07 Å². The van der Waals surface area contributed by atoms with Crippen LogP contribution in [-0.4, -0.2) is 31.7 Å². The number of aromatic nitrogens is 4. The zero-order valence-electron chi connectivity index (χ0n) is 6.23. The summed E-state index contributed by atoms with van der Waals surface area (Å²) >= 11 is 6.40. The van der Waals surface area contributed by atoms with E-state index in [2.05, 4.69) is 15.5 Å². The number of hydrogen-bond acceptors (Lipinski definition) is 5. The second-order valence-corrected chi connectivity index (χ2v) is 3.42. The van der Waals surface area contributed by atoms with Crippen molar-refractivity contribution in [3.63, 3.8) is 0 Å². The van der Waals surface area contributed by atoms with Gasteiger partial charge < -0.3 is 0 Å². The van der Waals surface area contributed by atoms with E-state index in [9.17, 15) is 0 Å². The van der Waals surface area contributed by atoms with Crippen LogP contribution in [0.25, 0.3) is 0 Å².